The Morgan fingerprint density at radius 1 is 1.04 bits per heavy atom. The van der Waals surface area contributed by atoms with Gasteiger partial charge in [0.2, 0.25) is 0 Å². The van der Waals surface area contributed by atoms with Gasteiger partial charge in [0, 0.05) is 29.0 Å². The van der Waals surface area contributed by atoms with Gasteiger partial charge in [0.1, 0.15) is 0 Å². The summed E-state index contributed by atoms with van der Waals surface area (Å²) < 4.78 is 2.38. The van der Waals surface area contributed by atoms with Crippen molar-refractivity contribution in [3.63, 3.8) is 0 Å². The van der Waals surface area contributed by atoms with Crippen molar-refractivity contribution in [2.75, 3.05) is 0 Å². The van der Waals surface area contributed by atoms with Crippen LogP contribution in [0.4, 0.5) is 0 Å². The number of rotatable bonds is 4. The lowest BCUT2D eigenvalue weighted by atomic mass is 10.1. The molecule has 2 heterocycles. The minimum atomic E-state index is -0.706. The van der Waals surface area contributed by atoms with Gasteiger partial charge in [-0.2, -0.15) is 0 Å². The van der Waals surface area contributed by atoms with E-state index >= 15 is 0 Å². The molecule has 0 aliphatic rings. The van der Waals surface area contributed by atoms with Crippen molar-refractivity contribution in [1.29, 1.82) is 0 Å². The fourth-order valence-electron chi connectivity index (χ4n) is 3.28. The van der Waals surface area contributed by atoms with Crippen LogP contribution in [0.2, 0.25) is 0 Å². The molecule has 0 amide bonds. The first-order valence-corrected chi connectivity index (χ1v) is 9.62. The van der Waals surface area contributed by atoms with Crippen LogP contribution in [0.25, 0.3) is 21.8 Å². The number of aryl methyl sites for hydroxylation is 1. The van der Waals surface area contributed by atoms with Crippen LogP contribution in [-0.2, 0) is 11.3 Å². The molecule has 0 saturated heterocycles. The fourth-order valence-corrected chi connectivity index (χ4v) is 3.28. The van der Waals surface area contributed by atoms with E-state index in [-0.39, 0.29) is 5.92 Å². The number of para-hydroxylation sites is 1. The summed E-state index contributed by atoms with van der Waals surface area (Å²) in [6.45, 7) is 6.52. The minimum Gasteiger partial charge on any atom is -0.481 e. The first-order valence-electron chi connectivity index (χ1n) is 9.62. The molecule has 0 spiro atoms. The molecule has 0 saturated carbocycles. The van der Waals surface area contributed by atoms with Gasteiger partial charge < -0.3 is 9.67 Å². The molecule has 0 aliphatic heterocycles. The number of nitrogens with zero attached hydrogens (tertiary/aromatic N) is 2. The quantitative estimate of drug-likeness (QED) is 0.501. The Balaban J connectivity index is 0.000000279. The van der Waals surface area contributed by atoms with Crippen LogP contribution in [-0.4, -0.2) is 20.6 Å². The molecule has 0 fully saturated rings. The summed E-state index contributed by atoms with van der Waals surface area (Å²) in [5, 5.41) is 10.8. The van der Waals surface area contributed by atoms with Crippen LogP contribution in [0.15, 0.2) is 66.9 Å². The van der Waals surface area contributed by atoms with E-state index in [1.807, 2.05) is 13.1 Å². The van der Waals surface area contributed by atoms with Gasteiger partial charge >= 0.3 is 5.97 Å². The second-order valence-corrected chi connectivity index (χ2v) is 7.03. The van der Waals surface area contributed by atoms with E-state index in [0.717, 1.165) is 18.7 Å². The zero-order chi connectivity index (χ0) is 20.1. The Bertz CT molecular complexity index is 1080. The van der Waals surface area contributed by atoms with Gasteiger partial charge in [0.25, 0.3) is 0 Å². The van der Waals surface area contributed by atoms with E-state index in [1.165, 1.54) is 27.4 Å². The summed E-state index contributed by atoms with van der Waals surface area (Å²) in [6.07, 6.45) is 2.62. The molecule has 4 heteroatoms. The van der Waals surface area contributed by atoms with Crippen molar-refractivity contribution >= 4 is 27.8 Å². The van der Waals surface area contributed by atoms with E-state index < -0.39 is 5.97 Å². The molecule has 2 aromatic carbocycles. The normalized spacial score (nSPS) is 11.8. The number of aliphatic carboxylic acids is 1. The molecule has 2 aromatic heterocycles. The molecule has 4 rings (SSSR count). The molecule has 28 heavy (non-hydrogen) atoms. The topological polar surface area (TPSA) is 55.1 Å². The molecule has 0 aliphatic carbocycles. The molecule has 1 N–H and O–H groups in total. The highest BCUT2D eigenvalue weighted by Gasteiger charge is 2.12. The smallest absolute Gasteiger partial charge is 0.306 e. The SMILES string of the molecule is CCC(C)C(=O)O.Cc1nccc2c3ccccc3n(Cc3ccccc3)c12. The van der Waals surface area contributed by atoms with Gasteiger partial charge in [-0.25, -0.2) is 0 Å². The van der Waals surface area contributed by atoms with Gasteiger partial charge in [0.05, 0.1) is 17.1 Å². The number of carboxylic acid groups (broad SMARTS) is 1. The summed E-state index contributed by atoms with van der Waals surface area (Å²) in [5.41, 5.74) is 4.90. The van der Waals surface area contributed by atoms with Gasteiger partial charge in [-0.1, -0.05) is 62.4 Å². The van der Waals surface area contributed by atoms with Crippen molar-refractivity contribution in [3.8, 4) is 0 Å². The number of hydrogen-bond acceptors (Lipinski definition) is 2. The maximum Gasteiger partial charge on any atom is 0.306 e. The van der Waals surface area contributed by atoms with Crippen LogP contribution < -0.4 is 0 Å². The average molecular weight is 374 g/mol. The number of fused-ring (bicyclic) bond motifs is 3. The lowest BCUT2D eigenvalue weighted by Crippen LogP contribution is -2.06. The standard InChI is InChI=1S/C19H16N2.C5H10O2/c1-14-19-17(11-12-20-14)16-9-5-6-10-18(16)21(19)13-15-7-3-2-4-8-15;1-3-4(2)5(6)7/h2-12H,13H2,1H3;4H,3H2,1-2H3,(H,6,7). The zero-order valence-electron chi connectivity index (χ0n) is 16.6. The third-order valence-electron chi connectivity index (χ3n) is 5.08. The number of benzene rings is 2. The lowest BCUT2D eigenvalue weighted by molar-refractivity contribution is -0.141. The van der Waals surface area contributed by atoms with E-state index in [9.17, 15) is 4.79 Å². The lowest BCUT2D eigenvalue weighted by Gasteiger charge is -2.08. The third kappa shape index (κ3) is 4.06. The minimum absolute atomic E-state index is 0.181. The average Bonchev–Trinajstić information content (AvgIpc) is 3.04. The second kappa shape index (κ2) is 8.70. The van der Waals surface area contributed by atoms with Crippen molar-refractivity contribution in [1.82, 2.24) is 9.55 Å². The van der Waals surface area contributed by atoms with Crippen LogP contribution >= 0.6 is 0 Å². The number of pyridine rings is 1. The molecule has 4 nitrogen and oxygen atoms in total. The largest absolute Gasteiger partial charge is 0.481 e. The maximum absolute atomic E-state index is 9.93. The van der Waals surface area contributed by atoms with Crippen molar-refractivity contribution in [3.05, 3.63) is 78.1 Å². The molecule has 1 atom stereocenters. The molecule has 1 unspecified atom stereocenters. The van der Waals surface area contributed by atoms with Gasteiger partial charge in [-0.05, 0) is 31.0 Å². The Hall–Kier alpha value is -3.14. The summed E-state index contributed by atoms with van der Waals surface area (Å²) in [6, 6.07) is 21.3. The number of aromatic nitrogens is 2. The van der Waals surface area contributed by atoms with Crippen LogP contribution in [0.5, 0.6) is 0 Å². The first kappa shape index (κ1) is 19.6. The Labute approximate surface area is 165 Å². The monoisotopic (exact) mass is 374 g/mol. The van der Waals surface area contributed by atoms with Gasteiger partial charge in [-0.3, -0.25) is 9.78 Å². The molecule has 4 aromatic rings. The van der Waals surface area contributed by atoms with E-state index in [4.69, 9.17) is 5.11 Å². The van der Waals surface area contributed by atoms with Crippen molar-refractivity contribution in [2.24, 2.45) is 5.92 Å². The molecule has 144 valence electrons. The Kier molecular flexibility index (Phi) is 6.09. The molecule has 0 radical (unpaired) electrons. The summed E-state index contributed by atoms with van der Waals surface area (Å²) in [4.78, 5) is 14.4. The Morgan fingerprint density at radius 3 is 2.36 bits per heavy atom. The maximum atomic E-state index is 9.93. The third-order valence-corrected chi connectivity index (χ3v) is 5.08. The highest BCUT2D eigenvalue weighted by Crippen LogP contribution is 2.30. The summed E-state index contributed by atoms with van der Waals surface area (Å²) in [5.74, 6) is -0.887. The molecular weight excluding hydrogens is 348 g/mol. The second-order valence-electron chi connectivity index (χ2n) is 7.03. The highest BCUT2D eigenvalue weighted by atomic mass is 16.4. The number of carbonyl (C=O) groups is 1. The van der Waals surface area contributed by atoms with E-state index in [2.05, 4.69) is 77.1 Å². The van der Waals surface area contributed by atoms with Crippen LogP contribution in [0.1, 0.15) is 31.5 Å². The predicted octanol–water partition coefficient (Wildman–Crippen LogP) is 5.66. The van der Waals surface area contributed by atoms with Gasteiger partial charge in [0.15, 0.2) is 0 Å². The zero-order valence-corrected chi connectivity index (χ0v) is 16.6. The van der Waals surface area contributed by atoms with Crippen molar-refractivity contribution < 1.29 is 9.90 Å². The number of carboxylic acids is 1. The van der Waals surface area contributed by atoms with E-state index in [0.29, 0.717) is 0 Å². The summed E-state index contributed by atoms with van der Waals surface area (Å²) in [7, 11) is 0. The first-order chi connectivity index (χ1) is 13.5. The molecule has 0 bridgehead atoms. The van der Waals surface area contributed by atoms with Crippen LogP contribution in [0, 0.1) is 12.8 Å². The predicted molar refractivity (Wildman–Crippen MR) is 115 cm³/mol. The summed E-state index contributed by atoms with van der Waals surface area (Å²) >= 11 is 0. The molecular formula is C24H26N2O2. The van der Waals surface area contributed by atoms with E-state index in [1.54, 1.807) is 6.92 Å². The Morgan fingerprint density at radius 2 is 1.71 bits per heavy atom. The fraction of sp³-hybridized carbons (Fsp3) is 0.250. The van der Waals surface area contributed by atoms with Crippen LogP contribution in [0.3, 0.4) is 0 Å². The van der Waals surface area contributed by atoms with Gasteiger partial charge in [-0.15, -0.1) is 0 Å². The van der Waals surface area contributed by atoms with Crippen molar-refractivity contribution in [2.45, 2.75) is 33.7 Å². The highest BCUT2D eigenvalue weighted by molar-refractivity contribution is 6.08. The number of hydrogen-bond donors (Lipinski definition) is 1.